The average molecular weight is 369 g/mol. The Balaban J connectivity index is 1.65. The lowest BCUT2D eigenvalue weighted by Gasteiger charge is -2.17. The number of hydrogen-bond donors (Lipinski definition) is 1. The zero-order valence-corrected chi connectivity index (χ0v) is 15.4. The van der Waals surface area contributed by atoms with Crippen LogP contribution in [0.1, 0.15) is 53.0 Å². The van der Waals surface area contributed by atoms with Crippen molar-refractivity contribution in [3.8, 4) is 0 Å². The largest absolute Gasteiger partial charge is 0.451 e. The van der Waals surface area contributed by atoms with Gasteiger partial charge in [0.15, 0.2) is 11.9 Å². The maximum Gasteiger partial charge on any atom is 0.340 e. The number of carbonyl (C=O) groups excluding carboxylic acids is 1. The maximum absolute atomic E-state index is 12.6. The fourth-order valence-corrected chi connectivity index (χ4v) is 4.72. The topological polar surface area (TPSA) is 84.9 Å². The summed E-state index contributed by atoms with van der Waals surface area (Å²) in [6.45, 7) is 3.93. The number of rotatable bonds is 3. The summed E-state index contributed by atoms with van der Waals surface area (Å²) in [5.41, 5.74) is 1.35. The zero-order valence-electron chi connectivity index (χ0n) is 14.6. The zero-order chi connectivity index (χ0) is 18.3. The van der Waals surface area contributed by atoms with Gasteiger partial charge in [0.1, 0.15) is 4.83 Å². The Labute approximate surface area is 154 Å². The highest BCUT2D eigenvalue weighted by molar-refractivity contribution is 7.18. The van der Waals surface area contributed by atoms with E-state index < -0.39 is 12.1 Å². The number of fused-ring (bicyclic) bond motifs is 3. The molecular weight excluding hydrogens is 350 g/mol. The highest BCUT2D eigenvalue weighted by Gasteiger charge is 2.24. The van der Waals surface area contributed by atoms with E-state index in [1.165, 1.54) is 11.1 Å². The molecule has 6 nitrogen and oxygen atoms in total. The highest BCUT2D eigenvalue weighted by atomic mass is 32.1. The van der Waals surface area contributed by atoms with Crippen molar-refractivity contribution < 1.29 is 9.53 Å². The summed E-state index contributed by atoms with van der Waals surface area (Å²) < 4.78 is 5.44. The van der Waals surface area contributed by atoms with Crippen molar-refractivity contribution in [3.05, 3.63) is 56.7 Å². The first-order chi connectivity index (χ1) is 12.5. The van der Waals surface area contributed by atoms with Crippen molar-refractivity contribution in [3.63, 3.8) is 0 Å². The molecule has 0 fully saturated rings. The fraction of sp³-hybridized carbons (Fsp3) is 0.368. The van der Waals surface area contributed by atoms with Crippen LogP contribution in [0.3, 0.4) is 0 Å². The second-order valence-corrected chi connectivity index (χ2v) is 7.86. The van der Waals surface area contributed by atoms with Crippen LogP contribution in [-0.4, -0.2) is 20.9 Å². The molecule has 134 valence electrons. The number of thiophene rings is 1. The molecule has 0 aromatic carbocycles. The third-order valence-corrected chi connectivity index (χ3v) is 5.90. The van der Waals surface area contributed by atoms with E-state index in [9.17, 15) is 9.59 Å². The van der Waals surface area contributed by atoms with E-state index in [0.717, 1.165) is 29.7 Å². The van der Waals surface area contributed by atoms with Crippen LogP contribution in [0.25, 0.3) is 10.2 Å². The smallest absolute Gasteiger partial charge is 0.340 e. The Morgan fingerprint density at radius 2 is 2.31 bits per heavy atom. The molecule has 3 heterocycles. The summed E-state index contributed by atoms with van der Waals surface area (Å²) in [6, 6.07) is 3.31. The number of hydrogen-bond acceptors (Lipinski definition) is 6. The van der Waals surface area contributed by atoms with Gasteiger partial charge in [0, 0.05) is 17.3 Å². The first-order valence-corrected chi connectivity index (χ1v) is 9.50. The highest BCUT2D eigenvalue weighted by Crippen LogP contribution is 2.35. The van der Waals surface area contributed by atoms with E-state index in [1.54, 1.807) is 36.6 Å². The van der Waals surface area contributed by atoms with Crippen LogP contribution < -0.4 is 5.56 Å². The molecule has 0 unspecified atom stereocenters. The monoisotopic (exact) mass is 369 g/mol. The predicted molar refractivity (Wildman–Crippen MR) is 99.5 cm³/mol. The lowest BCUT2D eigenvalue weighted by Crippen LogP contribution is -2.18. The Kier molecular flexibility index (Phi) is 4.32. The van der Waals surface area contributed by atoms with Crippen LogP contribution in [0.4, 0.5) is 0 Å². The Hall–Kier alpha value is -2.54. The normalized spacial score (nSPS) is 17.7. The number of ether oxygens (including phenoxy) is 1. The van der Waals surface area contributed by atoms with Gasteiger partial charge in [-0.3, -0.25) is 9.78 Å². The van der Waals surface area contributed by atoms with Gasteiger partial charge in [-0.15, -0.1) is 11.3 Å². The minimum Gasteiger partial charge on any atom is -0.451 e. The van der Waals surface area contributed by atoms with Crippen LogP contribution in [0, 0.1) is 5.92 Å². The van der Waals surface area contributed by atoms with E-state index in [0.29, 0.717) is 22.7 Å². The average Bonchev–Trinajstić information content (AvgIpc) is 3.00. The van der Waals surface area contributed by atoms with Gasteiger partial charge in [-0.2, -0.15) is 0 Å². The molecule has 0 amide bonds. The van der Waals surface area contributed by atoms with Crippen molar-refractivity contribution in [2.75, 3.05) is 0 Å². The Morgan fingerprint density at radius 1 is 1.46 bits per heavy atom. The molecule has 0 bridgehead atoms. The number of nitrogens with zero attached hydrogens (tertiary/aromatic N) is 2. The summed E-state index contributed by atoms with van der Waals surface area (Å²) in [7, 11) is 0. The molecular formula is C19H19N3O3S. The molecule has 4 rings (SSSR count). The van der Waals surface area contributed by atoms with Crippen molar-refractivity contribution in [1.29, 1.82) is 0 Å². The van der Waals surface area contributed by atoms with Gasteiger partial charge in [-0.1, -0.05) is 6.92 Å². The molecule has 2 atom stereocenters. The summed E-state index contributed by atoms with van der Waals surface area (Å²) in [4.78, 5) is 38.1. The third kappa shape index (κ3) is 3.03. The number of pyridine rings is 1. The second kappa shape index (κ2) is 6.64. The minimum atomic E-state index is -0.655. The van der Waals surface area contributed by atoms with Crippen LogP contribution in [-0.2, 0) is 17.6 Å². The summed E-state index contributed by atoms with van der Waals surface area (Å²) in [5.74, 6) is 0.507. The molecule has 1 aliphatic carbocycles. The van der Waals surface area contributed by atoms with Gasteiger partial charge in [0.05, 0.1) is 10.9 Å². The van der Waals surface area contributed by atoms with Gasteiger partial charge in [0.25, 0.3) is 5.56 Å². The van der Waals surface area contributed by atoms with Crippen molar-refractivity contribution in [2.24, 2.45) is 5.92 Å². The van der Waals surface area contributed by atoms with E-state index >= 15 is 0 Å². The number of esters is 1. The number of aromatic nitrogens is 3. The minimum absolute atomic E-state index is 0.152. The van der Waals surface area contributed by atoms with E-state index in [4.69, 9.17) is 4.74 Å². The Morgan fingerprint density at radius 3 is 3.08 bits per heavy atom. The van der Waals surface area contributed by atoms with Gasteiger partial charge in [-0.25, -0.2) is 9.78 Å². The summed E-state index contributed by atoms with van der Waals surface area (Å²) >= 11 is 1.58. The molecule has 1 N–H and O–H groups in total. The van der Waals surface area contributed by atoms with Crippen molar-refractivity contribution in [1.82, 2.24) is 15.0 Å². The second-order valence-electron chi connectivity index (χ2n) is 6.77. The molecule has 26 heavy (non-hydrogen) atoms. The molecule has 0 saturated heterocycles. The number of aromatic amines is 1. The van der Waals surface area contributed by atoms with Crippen molar-refractivity contribution >= 4 is 27.5 Å². The molecule has 3 aromatic heterocycles. The number of aryl methyl sites for hydroxylation is 1. The Bertz CT molecular complexity index is 1030. The SMILES string of the molecule is C[C@@H]1CCc2c(sc3nc([C@@H](C)OC(=O)c4cccnc4)[nH]c(=O)c23)C1. The molecule has 0 spiro atoms. The van der Waals surface area contributed by atoms with E-state index in [-0.39, 0.29) is 5.56 Å². The fourth-order valence-electron chi connectivity index (χ4n) is 3.33. The molecule has 1 aliphatic rings. The molecule has 7 heteroatoms. The standard InChI is InChI=1S/C19H19N3O3S/c1-10-5-6-13-14(8-10)26-18-15(13)17(23)21-16(22-18)11(2)25-19(24)12-4-3-7-20-9-12/h3-4,7,9-11H,5-6,8H2,1-2H3,(H,21,22,23)/t10-,11-/m1/s1. The lowest BCUT2D eigenvalue weighted by atomic mass is 9.89. The third-order valence-electron chi connectivity index (χ3n) is 4.75. The van der Waals surface area contributed by atoms with Gasteiger partial charge >= 0.3 is 5.97 Å². The van der Waals surface area contributed by atoms with Crippen LogP contribution in [0.15, 0.2) is 29.3 Å². The van der Waals surface area contributed by atoms with Crippen LogP contribution in [0.5, 0.6) is 0 Å². The summed E-state index contributed by atoms with van der Waals surface area (Å²) in [6.07, 6.45) is 5.40. The number of nitrogens with one attached hydrogen (secondary N) is 1. The van der Waals surface area contributed by atoms with Gasteiger partial charge in [-0.05, 0) is 49.8 Å². The predicted octanol–water partition coefficient (Wildman–Crippen LogP) is 3.42. The lowest BCUT2D eigenvalue weighted by molar-refractivity contribution is 0.0319. The summed E-state index contributed by atoms with van der Waals surface area (Å²) in [5, 5.41) is 0.700. The van der Waals surface area contributed by atoms with E-state index in [2.05, 4.69) is 21.9 Å². The van der Waals surface area contributed by atoms with Crippen molar-refractivity contribution in [2.45, 2.75) is 39.2 Å². The first-order valence-electron chi connectivity index (χ1n) is 8.68. The molecule has 3 aromatic rings. The molecule has 0 saturated carbocycles. The first kappa shape index (κ1) is 16.9. The number of H-pyrrole nitrogens is 1. The van der Waals surface area contributed by atoms with Crippen LogP contribution >= 0.6 is 11.3 Å². The quantitative estimate of drug-likeness (QED) is 0.715. The van der Waals surface area contributed by atoms with Gasteiger partial charge in [0.2, 0.25) is 0 Å². The molecule has 0 aliphatic heterocycles. The van der Waals surface area contributed by atoms with E-state index in [1.807, 2.05) is 0 Å². The van der Waals surface area contributed by atoms with Crippen LogP contribution in [0.2, 0.25) is 0 Å². The maximum atomic E-state index is 12.6. The number of carbonyl (C=O) groups is 1. The molecule has 0 radical (unpaired) electrons. The van der Waals surface area contributed by atoms with Gasteiger partial charge < -0.3 is 9.72 Å².